The van der Waals surface area contributed by atoms with Crippen LogP contribution in [0, 0.1) is 0 Å². The molecule has 0 aliphatic heterocycles. The van der Waals surface area contributed by atoms with Crippen LogP contribution in [0.15, 0.2) is 0 Å². The first-order chi connectivity index (χ1) is 6.04. The Morgan fingerprint density at radius 3 is 2.31 bits per heavy atom. The molecule has 0 bridgehead atoms. The topological polar surface area (TPSA) is 133 Å². The Morgan fingerprint density at radius 2 is 1.92 bits per heavy atom. The van der Waals surface area contributed by atoms with E-state index in [1.165, 1.54) is 0 Å². The molecule has 0 fully saturated rings. The van der Waals surface area contributed by atoms with Gasteiger partial charge in [-0.2, -0.15) is 0 Å². The summed E-state index contributed by atoms with van der Waals surface area (Å²) < 4.78 is 0. The molecular formula is C6H13NO6. The van der Waals surface area contributed by atoms with Crippen molar-refractivity contribution in [1.29, 1.82) is 0 Å². The van der Waals surface area contributed by atoms with Crippen LogP contribution in [0.3, 0.4) is 0 Å². The lowest BCUT2D eigenvalue weighted by Gasteiger charge is -2.19. The van der Waals surface area contributed by atoms with Crippen molar-refractivity contribution in [2.75, 3.05) is 13.2 Å². The van der Waals surface area contributed by atoms with Crippen molar-refractivity contribution in [3.05, 3.63) is 0 Å². The zero-order valence-corrected chi connectivity index (χ0v) is 6.83. The highest BCUT2D eigenvalue weighted by atomic mass is 16.6. The third kappa shape index (κ3) is 3.77. The van der Waals surface area contributed by atoms with Crippen molar-refractivity contribution in [2.24, 2.45) is 5.90 Å². The van der Waals surface area contributed by atoms with Gasteiger partial charge < -0.3 is 20.4 Å². The van der Waals surface area contributed by atoms with Crippen molar-refractivity contribution < 1.29 is 30.1 Å². The molecule has 0 aromatic rings. The second-order valence-electron chi connectivity index (χ2n) is 2.46. The third-order valence-electron chi connectivity index (χ3n) is 1.46. The second-order valence-corrected chi connectivity index (χ2v) is 2.46. The molecule has 0 heterocycles. The number of nitrogens with two attached hydrogens (primary N) is 1. The Labute approximate surface area is 74.3 Å². The minimum Gasteiger partial charge on any atom is -0.394 e. The minimum atomic E-state index is -1.81. The number of Topliss-reactive ketones (excluding diaryl/α,β-unsaturated/α-hetero) is 1. The zero-order chi connectivity index (χ0) is 10.4. The number of carbonyl (C=O) groups is 1. The van der Waals surface area contributed by atoms with Gasteiger partial charge in [0.15, 0.2) is 5.78 Å². The molecule has 3 atom stereocenters. The highest BCUT2D eigenvalue weighted by Gasteiger charge is 2.29. The standard InChI is InChI=1S/C6H13NO6/c7-13-2-4(10)6(12)5(11)3(9)1-8/h3,5-6,8-9,11-12H,1-2,7H2/t3-,5-,6-/m1/s1. The summed E-state index contributed by atoms with van der Waals surface area (Å²) in [6, 6.07) is 0. The number of ketones is 1. The molecule has 78 valence electrons. The fourth-order valence-corrected chi connectivity index (χ4v) is 0.676. The van der Waals surface area contributed by atoms with Gasteiger partial charge in [-0.15, -0.1) is 0 Å². The number of aliphatic hydroxyl groups excluding tert-OH is 4. The molecule has 0 amide bonds. The summed E-state index contributed by atoms with van der Waals surface area (Å²) >= 11 is 0. The number of hydrogen-bond acceptors (Lipinski definition) is 7. The van der Waals surface area contributed by atoms with Crippen LogP contribution in [0.2, 0.25) is 0 Å². The van der Waals surface area contributed by atoms with Crippen LogP contribution >= 0.6 is 0 Å². The van der Waals surface area contributed by atoms with Gasteiger partial charge in [0.1, 0.15) is 24.9 Å². The van der Waals surface area contributed by atoms with Crippen molar-refractivity contribution >= 4 is 5.78 Å². The average molecular weight is 195 g/mol. The molecule has 0 aromatic carbocycles. The smallest absolute Gasteiger partial charge is 0.191 e. The third-order valence-corrected chi connectivity index (χ3v) is 1.46. The maximum atomic E-state index is 10.8. The van der Waals surface area contributed by atoms with Crippen molar-refractivity contribution in [2.45, 2.75) is 18.3 Å². The van der Waals surface area contributed by atoms with E-state index in [4.69, 9.17) is 20.4 Å². The van der Waals surface area contributed by atoms with E-state index in [0.29, 0.717) is 0 Å². The molecule has 0 saturated carbocycles. The summed E-state index contributed by atoms with van der Waals surface area (Å²) in [4.78, 5) is 14.7. The van der Waals surface area contributed by atoms with Gasteiger partial charge in [0, 0.05) is 0 Å². The van der Waals surface area contributed by atoms with Gasteiger partial charge in [0.05, 0.1) is 6.61 Å². The van der Waals surface area contributed by atoms with Crippen molar-refractivity contribution in [3.63, 3.8) is 0 Å². The van der Waals surface area contributed by atoms with Crippen molar-refractivity contribution in [3.8, 4) is 0 Å². The predicted molar refractivity (Wildman–Crippen MR) is 40.3 cm³/mol. The van der Waals surface area contributed by atoms with Crippen LogP contribution in [-0.4, -0.2) is 57.7 Å². The van der Waals surface area contributed by atoms with Crippen LogP contribution in [0.5, 0.6) is 0 Å². The Bertz CT molecular complexity index is 163. The van der Waals surface area contributed by atoms with Gasteiger partial charge in [-0.25, -0.2) is 5.90 Å². The molecule has 0 aromatic heterocycles. The maximum absolute atomic E-state index is 10.8. The highest BCUT2D eigenvalue weighted by molar-refractivity contribution is 5.84. The number of rotatable bonds is 6. The molecular weight excluding hydrogens is 182 g/mol. The van der Waals surface area contributed by atoms with E-state index in [0.717, 1.165) is 0 Å². The molecule has 0 spiro atoms. The van der Waals surface area contributed by atoms with Gasteiger partial charge in [0.2, 0.25) is 0 Å². The first-order valence-electron chi connectivity index (χ1n) is 3.54. The molecule has 13 heavy (non-hydrogen) atoms. The Kier molecular flexibility index (Phi) is 5.71. The Hall–Kier alpha value is -0.570. The average Bonchev–Trinajstić information content (AvgIpc) is 2.14. The zero-order valence-electron chi connectivity index (χ0n) is 6.83. The van der Waals surface area contributed by atoms with E-state index in [2.05, 4.69) is 10.7 Å². The first kappa shape index (κ1) is 12.4. The van der Waals surface area contributed by atoms with Crippen molar-refractivity contribution in [1.82, 2.24) is 0 Å². The van der Waals surface area contributed by atoms with E-state index in [9.17, 15) is 4.79 Å². The second kappa shape index (κ2) is 5.97. The van der Waals surface area contributed by atoms with Gasteiger partial charge in [-0.3, -0.25) is 9.63 Å². The van der Waals surface area contributed by atoms with E-state index in [1.54, 1.807) is 0 Å². The normalized spacial score (nSPS) is 17.9. The summed E-state index contributed by atoms with van der Waals surface area (Å²) in [6.07, 6.45) is -5.13. The molecule has 7 nitrogen and oxygen atoms in total. The molecule has 0 unspecified atom stereocenters. The summed E-state index contributed by atoms with van der Waals surface area (Å²) in [7, 11) is 0. The maximum Gasteiger partial charge on any atom is 0.191 e. The molecule has 0 rings (SSSR count). The molecule has 0 aliphatic carbocycles. The van der Waals surface area contributed by atoms with E-state index < -0.39 is 37.3 Å². The number of hydrogen-bond donors (Lipinski definition) is 5. The van der Waals surface area contributed by atoms with Gasteiger partial charge in [-0.05, 0) is 0 Å². The molecule has 0 aliphatic rings. The molecule has 0 radical (unpaired) electrons. The molecule has 7 heteroatoms. The highest BCUT2D eigenvalue weighted by Crippen LogP contribution is 2.01. The van der Waals surface area contributed by atoms with Crippen LogP contribution in [-0.2, 0) is 9.63 Å². The molecule has 0 saturated heterocycles. The Morgan fingerprint density at radius 1 is 1.38 bits per heavy atom. The van der Waals surface area contributed by atoms with E-state index in [-0.39, 0.29) is 0 Å². The van der Waals surface area contributed by atoms with Gasteiger partial charge in [-0.1, -0.05) is 0 Å². The lowest BCUT2D eigenvalue weighted by Crippen LogP contribution is -2.45. The summed E-state index contributed by atoms with van der Waals surface area (Å²) in [5, 5.41) is 35.2. The SMILES string of the molecule is NOCC(=O)[C@@H](O)[C@H](O)[C@H](O)CO. The number of aliphatic hydroxyl groups is 4. The van der Waals surface area contributed by atoms with Crippen LogP contribution in [0.4, 0.5) is 0 Å². The fraction of sp³-hybridized carbons (Fsp3) is 0.833. The summed E-state index contributed by atoms with van der Waals surface area (Å²) in [5.74, 6) is 3.68. The fourth-order valence-electron chi connectivity index (χ4n) is 0.676. The van der Waals surface area contributed by atoms with Crippen LogP contribution < -0.4 is 5.90 Å². The van der Waals surface area contributed by atoms with E-state index in [1.807, 2.05) is 0 Å². The summed E-state index contributed by atoms with van der Waals surface area (Å²) in [6.45, 7) is -1.33. The van der Waals surface area contributed by atoms with Crippen LogP contribution in [0.25, 0.3) is 0 Å². The van der Waals surface area contributed by atoms with Gasteiger partial charge >= 0.3 is 0 Å². The lowest BCUT2D eigenvalue weighted by molar-refractivity contribution is -0.144. The largest absolute Gasteiger partial charge is 0.394 e. The van der Waals surface area contributed by atoms with E-state index >= 15 is 0 Å². The van der Waals surface area contributed by atoms with Gasteiger partial charge in [0.25, 0.3) is 0 Å². The first-order valence-corrected chi connectivity index (χ1v) is 3.54. The number of carbonyl (C=O) groups excluding carboxylic acids is 1. The Balaban J connectivity index is 4.07. The minimum absolute atomic E-state index is 0.573. The summed E-state index contributed by atoms with van der Waals surface area (Å²) in [5.41, 5.74) is 0. The quantitative estimate of drug-likeness (QED) is 0.278. The predicted octanol–water partition coefficient (Wildman–Crippen LogP) is -3.48. The monoisotopic (exact) mass is 195 g/mol. The van der Waals surface area contributed by atoms with Crippen LogP contribution in [0.1, 0.15) is 0 Å². The molecule has 6 N–H and O–H groups in total. The lowest BCUT2D eigenvalue weighted by atomic mass is 10.1.